The lowest BCUT2D eigenvalue weighted by Gasteiger charge is -2.09. The maximum Gasteiger partial charge on any atom is 0.416 e. The van der Waals surface area contributed by atoms with Gasteiger partial charge in [-0.2, -0.15) is 13.2 Å². The molecule has 0 saturated heterocycles. The number of aryl methyl sites for hydroxylation is 1. The third-order valence-corrected chi connectivity index (χ3v) is 3.75. The zero-order chi connectivity index (χ0) is 13.9. The summed E-state index contributed by atoms with van der Waals surface area (Å²) in [7, 11) is 0. The zero-order valence-electron chi connectivity index (χ0n) is 10.7. The summed E-state index contributed by atoms with van der Waals surface area (Å²) in [6.07, 6.45) is 0.882. The van der Waals surface area contributed by atoms with Gasteiger partial charge in [0.05, 0.1) is 5.56 Å². The van der Waals surface area contributed by atoms with E-state index in [9.17, 15) is 18.0 Å². The van der Waals surface area contributed by atoms with E-state index in [0.29, 0.717) is 12.8 Å². The van der Waals surface area contributed by atoms with Crippen molar-refractivity contribution in [1.29, 1.82) is 0 Å². The molecule has 0 aliphatic heterocycles. The Morgan fingerprint density at radius 1 is 1.11 bits per heavy atom. The highest BCUT2D eigenvalue weighted by molar-refractivity contribution is 5.81. The fourth-order valence-corrected chi connectivity index (χ4v) is 2.58. The number of hydrogen-bond acceptors (Lipinski definition) is 1. The number of carbonyl (C=O) groups excluding carboxylic acids is 1. The molecule has 1 aromatic carbocycles. The Labute approximate surface area is 110 Å². The minimum absolute atomic E-state index is 0.189. The topological polar surface area (TPSA) is 17.1 Å². The van der Waals surface area contributed by atoms with Crippen molar-refractivity contribution >= 4 is 5.78 Å². The maximum atomic E-state index is 12.4. The molecule has 1 nitrogen and oxygen atoms in total. The van der Waals surface area contributed by atoms with Crippen LogP contribution in [0, 0.1) is 5.92 Å². The molecule has 0 radical (unpaired) electrons. The minimum Gasteiger partial charge on any atom is -0.299 e. The molecule has 1 aliphatic rings. The normalized spacial score (nSPS) is 16.8. The van der Waals surface area contributed by atoms with E-state index in [-0.39, 0.29) is 11.7 Å². The summed E-state index contributed by atoms with van der Waals surface area (Å²) >= 11 is 0. The van der Waals surface area contributed by atoms with E-state index in [1.165, 1.54) is 12.1 Å². The molecule has 1 aliphatic carbocycles. The van der Waals surface area contributed by atoms with Gasteiger partial charge < -0.3 is 0 Å². The maximum absolute atomic E-state index is 12.4. The van der Waals surface area contributed by atoms with Gasteiger partial charge >= 0.3 is 6.18 Å². The van der Waals surface area contributed by atoms with E-state index < -0.39 is 11.7 Å². The van der Waals surface area contributed by atoms with Crippen LogP contribution in [0.5, 0.6) is 0 Å². The van der Waals surface area contributed by atoms with Crippen LogP contribution in [0.4, 0.5) is 13.2 Å². The molecule has 2 rings (SSSR count). The van der Waals surface area contributed by atoms with Crippen LogP contribution >= 0.6 is 0 Å². The number of Topliss-reactive ketones (excluding diaryl/α,β-unsaturated/α-hetero) is 1. The number of alkyl halides is 3. The third kappa shape index (κ3) is 3.82. The molecule has 1 aromatic rings. The number of rotatable bonds is 4. The second-order valence-corrected chi connectivity index (χ2v) is 5.14. The van der Waals surface area contributed by atoms with Crippen LogP contribution in [-0.2, 0) is 17.4 Å². The molecule has 0 aromatic heterocycles. The van der Waals surface area contributed by atoms with Gasteiger partial charge in [-0.3, -0.25) is 4.79 Å². The summed E-state index contributed by atoms with van der Waals surface area (Å²) in [5.74, 6) is 0.451. The summed E-state index contributed by atoms with van der Waals surface area (Å²) in [4.78, 5) is 11.9. The molecule has 0 amide bonds. The van der Waals surface area contributed by atoms with Gasteiger partial charge in [0.15, 0.2) is 0 Å². The van der Waals surface area contributed by atoms with Gasteiger partial charge in [-0.1, -0.05) is 25.0 Å². The van der Waals surface area contributed by atoms with Gasteiger partial charge in [-0.15, -0.1) is 0 Å². The number of benzene rings is 1. The minimum atomic E-state index is -4.29. The quantitative estimate of drug-likeness (QED) is 0.792. The van der Waals surface area contributed by atoms with Crippen LogP contribution in [0.1, 0.15) is 43.2 Å². The third-order valence-electron chi connectivity index (χ3n) is 3.75. The fourth-order valence-electron chi connectivity index (χ4n) is 2.58. The molecule has 1 fully saturated rings. The van der Waals surface area contributed by atoms with Crippen LogP contribution < -0.4 is 0 Å². The van der Waals surface area contributed by atoms with Crippen LogP contribution in [0.3, 0.4) is 0 Å². The second kappa shape index (κ2) is 5.76. The highest BCUT2D eigenvalue weighted by Gasteiger charge is 2.30. The van der Waals surface area contributed by atoms with E-state index in [1.807, 2.05) is 0 Å². The predicted octanol–water partition coefficient (Wildman–Crippen LogP) is 4.40. The van der Waals surface area contributed by atoms with Crippen molar-refractivity contribution < 1.29 is 18.0 Å². The molecule has 0 bridgehead atoms. The molecular weight excluding hydrogens is 253 g/mol. The average molecular weight is 270 g/mol. The van der Waals surface area contributed by atoms with Gasteiger partial charge in [0.25, 0.3) is 0 Å². The van der Waals surface area contributed by atoms with Gasteiger partial charge in [-0.05, 0) is 37.0 Å². The highest BCUT2D eigenvalue weighted by atomic mass is 19.4. The number of halogens is 3. The van der Waals surface area contributed by atoms with E-state index in [2.05, 4.69) is 0 Å². The molecule has 0 atom stereocenters. The average Bonchev–Trinajstić information content (AvgIpc) is 2.89. The Hall–Kier alpha value is -1.32. The number of hydrogen-bond donors (Lipinski definition) is 0. The lowest BCUT2D eigenvalue weighted by Crippen LogP contribution is -2.11. The highest BCUT2D eigenvalue weighted by Crippen LogP contribution is 2.30. The lowest BCUT2D eigenvalue weighted by molar-refractivity contribution is -0.137. The van der Waals surface area contributed by atoms with Gasteiger partial charge in [-0.25, -0.2) is 0 Å². The second-order valence-electron chi connectivity index (χ2n) is 5.14. The summed E-state index contributed by atoms with van der Waals surface area (Å²) < 4.78 is 37.2. The molecule has 0 spiro atoms. The van der Waals surface area contributed by atoms with Crippen LogP contribution in [0.25, 0.3) is 0 Å². The van der Waals surface area contributed by atoms with E-state index >= 15 is 0 Å². The van der Waals surface area contributed by atoms with Crippen LogP contribution in [0.15, 0.2) is 24.3 Å². The largest absolute Gasteiger partial charge is 0.416 e. The van der Waals surface area contributed by atoms with Crippen LogP contribution in [-0.4, -0.2) is 5.78 Å². The molecule has 0 N–H and O–H groups in total. The van der Waals surface area contributed by atoms with Crippen molar-refractivity contribution in [3.8, 4) is 0 Å². The summed E-state index contributed by atoms with van der Waals surface area (Å²) in [6.45, 7) is 0. The predicted molar refractivity (Wildman–Crippen MR) is 66.7 cm³/mol. The lowest BCUT2D eigenvalue weighted by atomic mass is 9.96. The Morgan fingerprint density at radius 3 is 2.21 bits per heavy atom. The smallest absolute Gasteiger partial charge is 0.299 e. The first-order chi connectivity index (χ1) is 8.97. The summed E-state index contributed by atoms with van der Waals surface area (Å²) in [5.41, 5.74) is 0.151. The van der Waals surface area contributed by atoms with Crippen LogP contribution in [0.2, 0.25) is 0 Å². The Bertz CT molecular complexity index is 428. The molecule has 19 heavy (non-hydrogen) atoms. The standard InChI is InChI=1S/C15H17F3O/c16-15(17,18)13-8-5-11(6-9-13)7-10-14(19)12-3-1-2-4-12/h5-6,8-9,12H,1-4,7,10H2. The SMILES string of the molecule is O=C(CCc1ccc(C(F)(F)F)cc1)C1CCCC1. The first kappa shape index (κ1) is 14.1. The van der Waals surface area contributed by atoms with E-state index in [1.54, 1.807) is 0 Å². The zero-order valence-corrected chi connectivity index (χ0v) is 10.7. The first-order valence-corrected chi connectivity index (χ1v) is 6.65. The van der Waals surface area contributed by atoms with Crippen molar-refractivity contribution in [2.24, 2.45) is 5.92 Å². The molecule has 0 unspecified atom stereocenters. The van der Waals surface area contributed by atoms with Gasteiger partial charge in [0, 0.05) is 12.3 Å². The fraction of sp³-hybridized carbons (Fsp3) is 0.533. The molecule has 1 saturated carbocycles. The number of ketones is 1. The Balaban J connectivity index is 1.87. The Morgan fingerprint density at radius 2 is 1.68 bits per heavy atom. The molecule has 4 heteroatoms. The molecule has 0 heterocycles. The van der Waals surface area contributed by atoms with Crippen molar-refractivity contribution in [2.75, 3.05) is 0 Å². The molecule has 104 valence electrons. The van der Waals surface area contributed by atoms with Crippen molar-refractivity contribution in [3.63, 3.8) is 0 Å². The summed E-state index contributed by atoms with van der Waals surface area (Å²) in [6, 6.07) is 5.08. The van der Waals surface area contributed by atoms with Crippen molar-refractivity contribution in [1.82, 2.24) is 0 Å². The Kier molecular flexibility index (Phi) is 4.27. The number of carbonyl (C=O) groups is 1. The van der Waals surface area contributed by atoms with E-state index in [4.69, 9.17) is 0 Å². The molecular formula is C15H17F3O. The summed E-state index contributed by atoms with van der Waals surface area (Å²) in [5, 5.41) is 0. The van der Waals surface area contributed by atoms with Gasteiger partial charge in [0.2, 0.25) is 0 Å². The van der Waals surface area contributed by atoms with Crippen molar-refractivity contribution in [3.05, 3.63) is 35.4 Å². The van der Waals surface area contributed by atoms with Crippen molar-refractivity contribution in [2.45, 2.75) is 44.7 Å². The monoisotopic (exact) mass is 270 g/mol. The van der Waals surface area contributed by atoms with Gasteiger partial charge in [0.1, 0.15) is 5.78 Å². The van der Waals surface area contributed by atoms with E-state index in [0.717, 1.165) is 43.4 Å². The first-order valence-electron chi connectivity index (χ1n) is 6.65.